The predicted octanol–water partition coefficient (Wildman–Crippen LogP) is 5.74. The Balaban J connectivity index is 1.58. The number of carbonyl (C=O) groups excluding carboxylic acids is 2. The van der Waals surface area contributed by atoms with Crippen molar-refractivity contribution in [3.8, 4) is 0 Å². The van der Waals surface area contributed by atoms with Crippen molar-refractivity contribution in [2.45, 2.75) is 24.9 Å². The van der Waals surface area contributed by atoms with Crippen LogP contribution < -0.4 is 4.90 Å². The first-order valence-corrected chi connectivity index (χ1v) is 12.0. The zero-order valence-electron chi connectivity index (χ0n) is 19.0. The van der Waals surface area contributed by atoms with Crippen molar-refractivity contribution in [1.29, 1.82) is 0 Å². The highest BCUT2D eigenvalue weighted by Crippen LogP contribution is 2.47. The summed E-state index contributed by atoms with van der Waals surface area (Å²) in [6.45, 7) is 3.83. The Labute approximate surface area is 209 Å². The van der Waals surface area contributed by atoms with E-state index >= 15 is 0 Å². The smallest absolute Gasteiger partial charge is 0.310 e. The molecule has 174 valence electrons. The Hall–Kier alpha value is -2.86. The van der Waals surface area contributed by atoms with E-state index in [9.17, 15) is 9.59 Å². The van der Waals surface area contributed by atoms with Crippen LogP contribution in [0.3, 0.4) is 0 Å². The van der Waals surface area contributed by atoms with Gasteiger partial charge >= 0.3 is 6.03 Å². The first kappa shape index (κ1) is 22.9. The second-order valence-corrected chi connectivity index (χ2v) is 10.0. The highest BCUT2D eigenvalue weighted by Gasteiger charge is 2.64. The first-order chi connectivity index (χ1) is 16.3. The second kappa shape index (κ2) is 8.73. The molecule has 0 radical (unpaired) electrons. The quantitative estimate of drug-likeness (QED) is 0.435. The Morgan fingerprint density at radius 3 is 2.24 bits per heavy atom. The lowest BCUT2D eigenvalue weighted by Gasteiger charge is -2.34. The summed E-state index contributed by atoms with van der Waals surface area (Å²) in [5.41, 5.74) is 2.71. The van der Waals surface area contributed by atoms with E-state index in [0.717, 1.165) is 11.1 Å². The number of aryl methyl sites for hydroxylation is 1. The number of halogens is 2. The molecule has 0 unspecified atom stereocenters. The number of likely N-dealkylation sites (N-methyl/N-ethyl adjacent to an activating group) is 1. The number of likely N-dealkylation sites (tertiary alicyclic amines) is 1. The number of hydrogen-bond donors (Lipinski definition) is 0. The first-order valence-electron chi connectivity index (χ1n) is 11.2. The van der Waals surface area contributed by atoms with Crippen LogP contribution in [0.2, 0.25) is 10.0 Å². The minimum atomic E-state index is -1.03. The van der Waals surface area contributed by atoms with E-state index in [2.05, 4.69) is 41.3 Å². The average molecular weight is 494 g/mol. The number of imide groups is 1. The van der Waals surface area contributed by atoms with Crippen molar-refractivity contribution in [1.82, 2.24) is 9.80 Å². The average Bonchev–Trinajstić information content (AvgIpc) is 3.26. The summed E-state index contributed by atoms with van der Waals surface area (Å²) in [4.78, 5) is 32.8. The van der Waals surface area contributed by atoms with E-state index in [1.54, 1.807) is 30.1 Å². The molecule has 0 aromatic heterocycles. The van der Waals surface area contributed by atoms with Crippen molar-refractivity contribution in [2.24, 2.45) is 0 Å². The van der Waals surface area contributed by atoms with Gasteiger partial charge in [0.15, 0.2) is 0 Å². The molecular weight excluding hydrogens is 469 g/mol. The van der Waals surface area contributed by atoms with Crippen molar-refractivity contribution in [2.75, 3.05) is 25.0 Å². The van der Waals surface area contributed by atoms with Crippen LogP contribution in [0.4, 0.5) is 10.5 Å². The maximum atomic E-state index is 14.2. The third-order valence-electron chi connectivity index (χ3n) is 6.97. The van der Waals surface area contributed by atoms with Gasteiger partial charge in [-0.2, -0.15) is 0 Å². The second-order valence-electron chi connectivity index (χ2n) is 9.15. The molecule has 5 nitrogen and oxygen atoms in total. The third-order valence-corrected chi connectivity index (χ3v) is 7.40. The van der Waals surface area contributed by atoms with Gasteiger partial charge in [-0.05, 0) is 36.2 Å². The van der Waals surface area contributed by atoms with Gasteiger partial charge < -0.3 is 4.90 Å². The molecule has 7 heteroatoms. The number of nitrogens with zero attached hydrogens (tertiary/aromatic N) is 3. The highest BCUT2D eigenvalue weighted by atomic mass is 35.5. The number of carbonyl (C=O) groups is 2. The van der Waals surface area contributed by atoms with Crippen LogP contribution in [0.25, 0.3) is 0 Å². The molecule has 1 spiro atoms. The third kappa shape index (κ3) is 3.78. The van der Waals surface area contributed by atoms with Crippen LogP contribution in [-0.2, 0) is 11.3 Å². The van der Waals surface area contributed by atoms with Crippen LogP contribution in [0, 0.1) is 6.92 Å². The fourth-order valence-corrected chi connectivity index (χ4v) is 5.78. The molecule has 0 saturated carbocycles. The van der Waals surface area contributed by atoms with Crippen LogP contribution >= 0.6 is 23.2 Å². The topological polar surface area (TPSA) is 43.9 Å². The summed E-state index contributed by atoms with van der Waals surface area (Å²) < 4.78 is 0. The Morgan fingerprint density at radius 1 is 0.941 bits per heavy atom. The molecule has 0 aliphatic carbocycles. The number of rotatable bonds is 4. The maximum absolute atomic E-state index is 14.2. The lowest BCUT2D eigenvalue weighted by molar-refractivity contribution is -0.124. The molecule has 2 atom stereocenters. The number of amides is 3. The molecule has 2 saturated heterocycles. The largest absolute Gasteiger partial charge is 0.332 e. The fourth-order valence-electron chi connectivity index (χ4n) is 5.26. The molecule has 0 bridgehead atoms. The highest BCUT2D eigenvalue weighted by molar-refractivity contribution is 6.35. The van der Waals surface area contributed by atoms with Crippen LogP contribution in [-0.4, -0.2) is 47.4 Å². The van der Waals surface area contributed by atoms with Crippen LogP contribution in [0.15, 0.2) is 72.8 Å². The minimum absolute atomic E-state index is 0.182. The van der Waals surface area contributed by atoms with E-state index in [1.807, 2.05) is 25.1 Å². The Morgan fingerprint density at radius 2 is 1.59 bits per heavy atom. The summed E-state index contributed by atoms with van der Waals surface area (Å²) in [5.74, 6) is -0.433. The van der Waals surface area contributed by atoms with Gasteiger partial charge in [0, 0.05) is 42.6 Å². The monoisotopic (exact) mass is 493 g/mol. The number of urea groups is 1. The summed E-state index contributed by atoms with van der Waals surface area (Å²) in [5, 5.41) is 0.748. The van der Waals surface area contributed by atoms with Gasteiger partial charge in [0.05, 0.1) is 5.69 Å². The molecule has 2 heterocycles. The number of anilines is 1. The minimum Gasteiger partial charge on any atom is -0.310 e. The van der Waals surface area contributed by atoms with E-state index in [0.29, 0.717) is 35.4 Å². The SMILES string of the molecule is Cc1ccc([C@@H]2CN(Cc3ccccc3)C[C@]23C(=O)N(c2cc(Cl)cc(Cl)c2)C(=O)N3C)cc1. The van der Waals surface area contributed by atoms with Crippen molar-refractivity contribution in [3.05, 3.63) is 99.5 Å². The number of benzene rings is 3. The lowest BCUT2D eigenvalue weighted by Crippen LogP contribution is -2.53. The summed E-state index contributed by atoms with van der Waals surface area (Å²) in [6.07, 6.45) is 0. The van der Waals surface area contributed by atoms with Crippen molar-refractivity contribution in [3.63, 3.8) is 0 Å². The molecule has 5 rings (SSSR count). The van der Waals surface area contributed by atoms with Crippen molar-refractivity contribution < 1.29 is 9.59 Å². The Kier molecular flexibility index (Phi) is 5.88. The zero-order chi connectivity index (χ0) is 24.0. The molecular formula is C27H25Cl2N3O2. The van der Waals surface area contributed by atoms with Gasteiger partial charge in [0.2, 0.25) is 0 Å². The van der Waals surface area contributed by atoms with E-state index in [-0.39, 0.29) is 17.9 Å². The summed E-state index contributed by atoms with van der Waals surface area (Å²) in [6, 6.07) is 22.8. The summed E-state index contributed by atoms with van der Waals surface area (Å²) in [7, 11) is 1.72. The van der Waals surface area contributed by atoms with Gasteiger partial charge in [0.1, 0.15) is 5.54 Å². The molecule has 34 heavy (non-hydrogen) atoms. The lowest BCUT2D eigenvalue weighted by atomic mass is 9.80. The molecule has 3 aromatic rings. The van der Waals surface area contributed by atoms with Gasteiger partial charge in [0.25, 0.3) is 5.91 Å². The van der Waals surface area contributed by atoms with E-state index < -0.39 is 5.54 Å². The standard InChI is InChI=1S/C27H25Cl2N3O2/c1-18-8-10-20(11-9-18)24-16-31(15-19-6-4-3-5-7-19)17-27(24)25(33)32(26(34)30(27)2)23-13-21(28)12-22(29)14-23/h3-14,24H,15-17H2,1-2H3/t24-,27+/m0/s1. The van der Waals surface area contributed by atoms with Gasteiger partial charge in [-0.3, -0.25) is 9.69 Å². The summed E-state index contributed by atoms with van der Waals surface area (Å²) >= 11 is 12.4. The van der Waals surface area contributed by atoms with Gasteiger partial charge in [-0.15, -0.1) is 0 Å². The predicted molar refractivity (Wildman–Crippen MR) is 135 cm³/mol. The molecule has 3 aromatic carbocycles. The van der Waals surface area contributed by atoms with Gasteiger partial charge in [-0.1, -0.05) is 83.4 Å². The zero-order valence-corrected chi connectivity index (χ0v) is 20.6. The maximum Gasteiger partial charge on any atom is 0.332 e. The normalized spacial score (nSPS) is 22.9. The van der Waals surface area contributed by atoms with Crippen molar-refractivity contribution >= 4 is 40.8 Å². The van der Waals surface area contributed by atoms with E-state index in [1.165, 1.54) is 10.5 Å². The number of hydrogen-bond acceptors (Lipinski definition) is 3. The molecule has 0 N–H and O–H groups in total. The molecule has 2 aliphatic heterocycles. The fraction of sp³-hybridized carbons (Fsp3) is 0.259. The van der Waals surface area contributed by atoms with Crippen LogP contribution in [0.1, 0.15) is 22.6 Å². The Bertz CT molecular complexity index is 1230. The molecule has 2 fully saturated rings. The van der Waals surface area contributed by atoms with E-state index in [4.69, 9.17) is 23.2 Å². The van der Waals surface area contributed by atoms with Crippen LogP contribution in [0.5, 0.6) is 0 Å². The van der Waals surface area contributed by atoms with Gasteiger partial charge in [-0.25, -0.2) is 9.69 Å². The molecule has 3 amide bonds. The molecule has 2 aliphatic rings.